The van der Waals surface area contributed by atoms with Crippen molar-refractivity contribution in [3.63, 3.8) is 0 Å². The summed E-state index contributed by atoms with van der Waals surface area (Å²) in [5, 5.41) is 70.5. The summed E-state index contributed by atoms with van der Waals surface area (Å²) >= 11 is 0. The zero-order valence-electron chi connectivity index (χ0n) is 18.6. The minimum atomic E-state index is -1.99. The third kappa shape index (κ3) is 5.19. The Kier molecular flexibility index (Phi) is 8.36. The summed E-state index contributed by atoms with van der Waals surface area (Å²) in [4.78, 5) is 12.2. The van der Waals surface area contributed by atoms with Crippen molar-refractivity contribution in [1.29, 1.82) is 0 Å². The summed E-state index contributed by atoms with van der Waals surface area (Å²) in [6.45, 7) is 2.04. The van der Waals surface area contributed by atoms with Crippen LogP contribution in [0, 0.1) is 17.8 Å². The van der Waals surface area contributed by atoms with Crippen molar-refractivity contribution < 1.29 is 59.5 Å². The minimum absolute atomic E-state index is 0.0210. The molecule has 1 saturated carbocycles. The molecule has 0 amide bonds. The van der Waals surface area contributed by atoms with Crippen LogP contribution in [-0.4, -0.2) is 110 Å². The maximum atomic E-state index is 12.2. The van der Waals surface area contributed by atoms with Gasteiger partial charge in [-0.05, 0) is 17.9 Å². The van der Waals surface area contributed by atoms with Crippen LogP contribution in [0.5, 0.6) is 0 Å². The molecule has 0 aromatic rings. The zero-order valence-corrected chi connectivity index (χ0v) is 18.6. The first kappa shape index (κ1) is 26.3. The monoisotopic (exact) mass is 478 g/mol. The first-order valence-corrected chi connectivity index (χ1v) is 11.0. The number of fused-ring (bicyclic) bond motifs is 1. The van der Waals surface area contributed by atoms with Gasteiger partial charge in [-0.1, -0.05) is 13.8 Å². The molecular weight excluding hydrogens is 444 g/mol. The van der Waals surface area contributed by atoms with Gasteiger partial charge in [-0.3, -0.25) is 4.79 Å². The molecule has 3 rings (SSSR count). The second-order valence-corrected chi connectivity index (χ2v) is 9.33. The largest absolute Gasteiger partial charge is 0.462 e. The average Bonchev–Trinajstić information content (AvgIpc) is 3.03. The molecule has 2 heterocycles. The number of esters is 1. The molecule has 12 nitrogen and oxygen atoms in total. The summed E-state index contributed by atoms with van der Waals surface area (Å²) in [5.74, 6) is -2.12. The van der Waals surface area contributed by atoms with E-state index in [2.05, 4.69) is 0 Å². The molecule has 33 heavy (non-hydrogen) atoms. The molecule has 0 unspecified atom stereocenters. The number of aliphatic hydroxyl groups is 7. The van der Waals surface area contributed by atoms with Crippen molar-refractivity contribution in [2.75, 3.05) is 19.8 Å². The van der Waals surface area contributed by atoms with Crippen LogP contribution in [0.1, 0.15) is 26.7 Å². The summed E-state index contributed by atoms with van der Waals surface area (Å²) in [5.41, 5.74) is -1.56. The van der Waals surface area contributed by atoms with E-state index in [1.807, 2.05) is 13.8 Å². The molecule has 3 aliphatic rings. The first-order valence-electron chi connectivity index (χ1n) is 11.0. The molecule has 0 radical (unpaired) electrons. The molecule has 0 spiro atoms. The van der Waals surface area contributed by atoms with Gasteiger partial charge in [0, 0.05) is 12.3 Å². The molecule has 0 aromatic carbocycles. The smallest absolute Gasteiger partial charge is 0.309 e. The molecule has 1 aliphatic carbocycles. The predicted octanol–water partition coefficient (Wildman–Crippen LogP) is -2.65. The Bertz CT molecular complexity index is 711. The van der Waals surface area contributed by atoms with Gasteiger partial charge in [0.25, 0.3) is 0 Å². The number of ether oxygens (including phenoxy) is 4. The Hall–Kier alpha value is -1.35. The minimum Gasteiger partial charge on any atom is -0.462 e. The van der Waals surface area contributed by atoms with Crippen LogP contribution in [0.3, 0.4) is 0 Å². The fourth-order valence-electron chi connectivity index (χ4n) is 4.64. The van der Waals surface area contributed by atoms with Crippen LogP contribution in [0.25, 0.3) is 0 Å². The summed E-state index contributed by atoms with van der Waals surface area (Å²) in [6, 6.07) is 0. The van der Waals surface area contributed by atoms with Crippen LogP contribution < -0.4 is 0 Å². The van der Waals surface area contributed by atoms with Crippen LogP contribution in [0.2, 0.25) is 0 Å². The molecule has 0 bridgehead atoms. The highest BCUT2D eigenvalue weighted by Gasteiger charge is 2.60. The normalized spacial score (nSPS) is 43.1. The van der Waals surface area contributed by atoms with E-state index in [9.17, 15) is 40.5 Å². The maximum Gasteiger partial charge on any atom is 0.309 e. The third-order valence-corrected chi connectivity index (χ3v) is 6.53. The van der Waals surface area contributed by atoms with Gasteiger partial charge in [-0.15, -0.1) is 0 Å². The number of carbonyl (C=O) groups is 1. The second-order valence-electron chi connectivity index (χ2n) is 9.33. The molecule has 0 aromatic heterocycles. The van der Waals surface area contributed by atoms with Gasteiger partial charge in [0.1, 0.15) is 30.0 Å². The van der Waals surface area contributed by atoms with Crippen molar-refractivity contribution in [1.82, 2.24) is 0 Å². The quantitative estimate of drug-likeness (QED) is 0.179. The summed E-state index contributed by atoms with van der Waals surface area (Å²) < 4.78 is 21.8. The fourth-order valence-corrected chi connectivity index (χ4v) is 4.64. The van der Waals surface area contributed by atoms with Gasteiger partial charge in [-0.2, -0.15) is 0 Å². The maximum absolute atomic E-state index is 12.2. The average molecular weight is 478 g/mol. The van der Waals surface area contributed by atoms with Gasteiger partial charge in [0.15, 0.2) is 6.29 Å². The number of carbonyl (C=O) groups excluding carboxylic acids is 1. The Morgan fingerprint density at radius 2 is 1.85 bits per heavy atom. The van der Waals surface area contributed by atoms with Crippen molar-refractivity contribution >= 4 is 5.97 Å². The molecule has 2 fully saturated rings. The van der Waals surface area contributed by atoms with E-state index in [-0.39, 0.29) is 25.4 Å². The highest BCUT2D eigenvalue weighted by Crippen LogP contribution is 2.49. The van der Waals surface area contributed by atoms with Crippen molar-refractivity contribution in [2.45, 2.75) is 75.4 Å². The molecule has 10 atom stereocenters. The van der Waals surface area contributed by atoms with Crippen LogP contribution >= 0.6 is 0 Å². The fraction of sp³-hybridized carbons (Fsp3) is 0.857. The van der Waals surface area contributed by atoms with E-state index >= 15 is 0 Å². The topological polar surface area (TPSA) is 196 Å². The molecule has 190 valence electrons. The number of hydrogen-bond acceptors (Lipinski definition) is 12. The molecule has 2 aliphatic heterocycles. The Labute approximate surface area is 191 Å². The van der Waals surface area contributed by atoms with Crippen LogP contribution in [0.15, 0.2) is 11.8 Å². The van der Waals surface area contributed by atoms with Crippen molar-refractivity contribution in [2.24, 2.45) is 17.8 Å². The van der Waals surface area contributed by atoms with Crippen molar-refractivity contribution in [3.8, 4) is 0 Å². The summed E-state index contributed by atoms with van der Waals surface area (Å²) in [6.07, 6.45) is -8.43. The van der Waals surface area contributed by atoms with E-state index in [1.54, 1.807) is 0 Å². The number of aliphatic hydroxyl groups excluding tert-OH is 6. The van der Waals surface area contributed by atoms with Crippen LogP contribution in [-0.2, 0) is 23.7 Å². The van der Waals surface area contributed by atoms with E-state index in [1.165, 1.54) is 6.26 Å². The van der Waals surface area contributed by atoms with Crippen LogP contribution in [0.4, 0.5) is 0 Å². The lowest BCUT2D eigenvalue weighted by atomic mass is 9.80. The van der Waals surface area contributed by atoms with Gasteiger partial charge >= 0.3 is 5.97 Å². The second kappa shape index (κ2) is 10.5. The van der Waals surface area contributed by atoms with Crippen molar-refractivity contribution in [3.05, 3.63) is 11.8 Å². The Morgan fingerprint density at radius 3 is 2.45 bits per heavy atom. The van der Waals surface area contributed by atoms with E-state index < -0.39 is 79.7 Å². The predicted molar refractivity (Wildman–Crippen MR) is 108 cm³/mol. The van der Waals surface area contributed by atoms with E-state index in [0.29, 0.717) is 5.57 Å². The number of hydrogen-bond donors (Lipinski definition) is 7. The molecule has 7 N–H and O–H groups in total. The van der Waals surface area contributed by atoms with E-state index in [0.717, 1.165) is 0 Å². The first-order chi connectivity index (χ1) is 15.5. The highest BCUT2D eigenvalue weighted by atomic mass is 16.7. The molecule has 1 saturated heterocycles. The number of rotatable bonds is 8. The lowest BCUT2D eigenvalue weighted by Crippen LogP contribution is -2.59. The molecule has 12 heteroatoms. The lowest BCUT2D eigenvalue weighted by molar-refractivity contribution is -0.299. The lowest BCUT2D eigenvalue weighted by Gasteiger charge is -2.41. The Morgan fingerprint density at radius 1 is 1.15 bits per heavy atom. The summed E-state index contributed by atoms with van der Waals surface area (Å²) in [7, 11) is 0. The van der Waals surface area contributed by atoms with Gasteiger partial charge < -0.3 is 54.7 Å². The van der Waals surface area contributed by atoms with E-state index in [4.69, 9.17) is 18.9 Å². The highest BCUT2D eigenvalue weighted by molar-refractivity contribution is 5.69. The molecular formula is C21H34O12. The third-order valence-electron chi connectivity index (χ3n) is 6.53. The standard InChI is InChI=1S/C21H34O12/c1-9(2)3-14(25)33-19-15-11(4-13(24)21(15,29)8-23)10(6-30-19)7-31-20-18(28)17(27)16(26)12(5-22)32-20/h6,9,11-13,15-20,22-24,26-29H,3-5,7-8H2,1-2H3/t11-,12+,13-,15+,16+,17-,18+,19-,20+,21+/m0/s1. The van der Waals surface area contributed by atoms with Gasteiger partial charge in [0.2, 0.25) is 6.29 Å². The Balaban J connectivity index is 1.75. The zero-order chi connectivity index (χ0) is 24.5. The van der Waals surface area contributed by atoms with Gasteiger partial charge in [0.05, 0.1) is 38.1 Å². The SMILES string of the molecule is CC(C)CC(=O)O[C@@H]1OC=C(CO[C@@H]2O[C@H](CO)[C@@H](O)[C@H](O)[C@H]2O)[C@@H]2C[C@H](O)[C@](O)(CO)[C@@H]12. The van der Waals surface area contributed by atoms with Gasteiger partial charge in [-0.25, -0.2) is 0 Å².